The summed E-state index contributed by atoms with van der Waals surface area (Å²) in [6.45, 7) is 24.7. The summed E-state index contributed by atoms with van der Waals surface area (Å²) >= 11 is 0. The molecule has 9 aliphatic rings. The number of benzene rings is 4. The van der Waals surface area contributed by atoms with Crippen molar-refractivity contribution < 1.29 is 38.1 Å². The van der Waals surface area contributed by atoms with Crippen LogP contribution in [-0.2, 0) is 44.9 Å². The molecule has 0 unspecified atom stereocenters. The predicted octanol–water partition coefficient (Wildman–Crippen LogP) is 18.1. The molecule has 0 aliphatic heterocycles. The second kappa shape index (κ2) is 23.7. The number of rotatable bonds is 16. The van der Waals surface area contributed by atoms with Gasteiger partial charge in [-0.1, -0.05) is 118 Å². The lowest BCUT2D eigenvalue weighted by Crippen LogP contribution is -2.59. The third-order valence-corrected chi connectivity index (χ3v) is 26.4. The molecule has 4 aromatic carbocycles. The molecule has 2 amide bonds. The van der Waals surface area contributed by atoms with Gasteiger partial charge in [0.15, 0.2) is 0 Å². The molecule has 8 fully saturated rings. The Labute approximate surface area is 538 Å². The van der Waals surface area contributed by atoms with Crippen molar-refractivity contribution in [2.75, 3.05) is 37.1 Å². The molecule has 0 heterocycles. The number of ether oxygens (including phenoxy) is 4. The average molecular weight is 1220 g/mol. The van der Waals surface area contributed by atoms with E-state index in [0.29, 0.717) is 88.4 Å². The van der Waals surface area contributed by atoms with Crippen LogP contribution in [0.25, 0.3) is 0 Å². The first kappa shape index (κ1) is 63.1. The molecule has 4 aromatic rings. The van der Waals surface area contributed by atoms with E-state index in [9.17, 15) is 9.59 Å². The molecule has 9 aliphatic carbocycles. The van der Waals surface area contributed by atoms with Crippen molar-refractivity contribution >= 4 is 34.8 Å². The third-order valence-electron chi connectivity index (χ3n) is 26.4. The summed E-state index contributed by atoms with van der Waals surface area (Å²) in [5.74, 6) is 5.83. The Morgan fingerprint density at radius 2 is 0.733 bits per heavy atom. The zero-order valence-corrected chi connectivity index (χ0v) is 56.6. The molecule has 0 radical (unpaired) electrons. The maximum atomic E-state index is 15.7. The van der Waals surface area contributed by atoms with Crippen molar-refractivity contribution in [2.24, 2.45) is 67.0 Å². The van der Waals surface area contributed by atoms with Gasteiger partial charge in [-0.15, -0.1) is 0 Å². The molecule has 2 spiro atoms. The summed E-state index contributed by atoms with van der Waals surface area (Å²) in [5, 5.41) is 7.31. The van der Waals surface area contributed by atoms with E-state index in [0.717, 1.165) is 207 Å². The maximum absolute atomic E-state index is 15.7. The van der Waals surface area contributed by atoms with Crippen LogP contribution in [-0.4, -0.2) is 49.8 Å². The molecule has 12 atom stereocenters. The predicted molar refractivity (Wildman–Crippen MR) is 358 cm³/mol. The van der Waals surface area contributed by atoms with Crippen LogP contribution in [0.2, 0.25) is 0 Å². The standard InChI is InChI=1S/C80H106N2O8/c1-11-35-87-67-51-19-15-20-52(67)40-56-44-60(82-72(86)78(10)30-18-28-76(8)62(78)26-34-80-48-66(84)74(6,50-80)32-24-64(76)80)46-58(70(56)90-38-14-4)42-54-22-16-21-53(68(54)88-36-12-2)41-57-45-59(43-55(39-51)69(57)89-37-13-3)81-71(85)77(9)29-17-27-75(7)61(77)25-33-79-47-65(83)73(5,49-79)31-23-63(75)79/h15-16,19-22,43-46,61-64H,11-14,17-18,23-42,47-50H2,1-10H3,(H,81,85)(H,82,86)/t61-,62-,63-,64-,73-,74-,75+,76+,77+,78+,79-,80-/m0/s1. The number of hydrogen-bond acceptors (Lipinski definition) is 8. The fourth-order valence-electron chi connectivity index (χ4n) is 22.5. The van der Waals surface area contributed by atoms with Crippen molar-refractivity contribution in [3.63, 3.8) is 0 Å². The molecule has 10 nitrogen and oxygen atoms in total. The van der Waals surface area contributed by atoms with Gasteiger partial charge in [0, 0.05) is 83.0 Å². The monoisotopic (exact) mass is 1220 g/mol. The average Bonchev–Trinajstić information content (AvgIpc) is 1.37. The molecule has 8 saturated carbocycles. The third kappa shape index (κ3) is 10.5. The Balaban J connectivity index is 0.893. The number of ketones is 2. The van der Waals surface area contributed by atoms with Gasteiger partial charge in [0.1, 0.15) is 34.6 Å². The minimum atomic E-state index is -0.585. The first-order valence-electron chi connectivity index (χ1n) is 35.8. The smallest absolute Gasteiger partial charge is 0.230 e. The van der Waals surface area contributed by atoms with Gasteiger partial charge in [0.2, 0.25) is 11.8 Å². The molecule has 13 rings (SSSR count). The second-order valence-electron chi connectivity index (χ2n) is 32.4. The van der Waals surface area contributed by atoms with E-state index in [2.05, 4.69) is 141 Å². The normalized spacial score (nSPS) is 34.6. The quantitative estimate of drug-likeness (QED) is 0.0999. The zero-order chi connectivity index (χ0) is 63.2. The number of amides is 2. The highest BCUT2D eigenvalue weighted by Crippen LogP contribution is 2.75. The van der Waals surface area contributed by atoms with Crippen LogP contribution in [0.3, 0.4) is 0 Å². The molecular formula is C80H106N2O8. The minimum absolute atomic E-state index is 0.0167. The van der Waals surface area contributed by atoms with Gasteiger partial charge in [-0.05, 0) is 207 Å². The number of fused-ring (bicyclic) bond motifs is 14. The fourth-order valence-corrected chi connectivity index (χ4v) is 22.5. The lowest BCUT2D eigenvalue weighted by atomic mass is 9.40. The molecule has 12 bridgehead atoms. The largest absolute Gasteiger partial charge is 0.493 e. The van der Waals surface area contributed by atoms with Gasteiger partial charge in [-0.25, -0.2) is 0 Å². The van der Waals surface area contributed by atoms with E-state index < -0.39 is 10.8 Å². The van der Waals surface area contributed by atoms with Crippen molar-refractivity contribution in [3.8, 4) is 23.0 Å². The van der Waals surface area contributed by atoms with Crippen LogP contribution < -0.4 is 29.6 Å². The summed E-state index contributed by atoms with van der Waals surface area (Å²) in [4.78, 5) is 58.7. The summed E-state index contributed by atoms with van der Waals surface area (Å²) in [7, 11) is 0. The van der Waals surface area contributed by atoms with E-state index in [4.69, 9.17) is 18.9 Å². The summed E-state index contributed by atoms with van der Waals surface area (Å²) in [6, 6.07) is 21.8. The van der Waals surface area contributed by atoms with Crippen molar-refractivity contribution in [3.05, 3.63) is 105 Å². The molecule has 90 heavy (non-hydrogen) atoms. The van der Waals surface area contributed by atoms with Crippen molar-refractivity contribution in [1.82, 2.24) is 0 Å². The molecule has 2 N–H and O–H groups in total. The lowest BCUT2D eigenvalue weighted by molar-refractivity contribution is -0.166. The fraction of sp³-hybridized carbons (Fsp3) is 0.650. The van der Waals surface area contributed by atoms with E-state index in [1.54, 1.807) is 0 Å². The van der Waals surface area contributed by atoms with Gasteiger partial charge < -0.3 is 29.6 Å². The number of hydrogen-bond donors (Lipinski definition) is 2. The number of nitrogens with one attached hydrogen (secondary N) is 2. The molecule has 0 aromatic heterocycles. The number of carbonyl (C=O) groups excluding carboxylic acids is 4. The summed E-state index contributed by atoms with van der Waals surface area (Å²) in [5.41, 5.74) is 8.21. The minimum Gasteiger partial charge on any atom is -0.493 e. The number of anilines is 2. The topological polar surface area (TPSA) is 129 Å². The van der Waals surface area contributed by atoms with Crippen LogP contribution in [0.1, 0.15) is 255 Å². The first-order chi connectivity index (χ1) is 43.1. The second-order valence-corrected chi connectivity index (χ2v) is 32.4. The van der Waals surface area contributed by atoms with E-state index >= 15 is 9.59 Å². The highest BCUT2D eigenvalue weighted by Gasteiger charge is 2.70. The number of carbonyl (C=O) groups is 4. The Bertz CT molecular complexity index is 3160. The maximum Gasteiger partial charge on any atom is 0.230 e. The van der Waals surface area contributed by atoms with Crippen LogP contribution in [0.15, 0.2) is 60.7 Å². The van der Waals surface area contributed by atoms with Crippen LogP contribution in [0.5, 0.6) is 23.0 Å². The van der Waals surface area contributed by atoms with Crippen molar-refractivity contribution in [2.45, 2.75) is 236 Å². The SMILES string of the molecule is CCCOc1c2cccc1Cc1cc(NC(=O)[C@]3(C)CCC[C@@]4(C)[C@@H]5CC[C@@]6(C)C[C@]5(CC[C@@H]43)CC6=O)cc(c1OCCC)Cc1cccc(c1OCCC)Cc1cc(NC(=O)[C@]3(C)CCC[C@@]4(C)[C@@H]5CC[C@@]6(C)C[C@]5(CC[C@@H]43)CC6=O)cc(c1OCCC)C2. The Morgan fingerprint density at radius 3 is 1.06 bits per heavy atom. The van der Waals surface area contributed by atoms with Crippen LogP contribution in [0, 0.1) is 67.0 Å². The van der Waals surface area contributed by atoms with Crippen LogP contribution >= 0.6 is 0 Å². The van der Waals surface area contributed by atoms with Gasteiger partial charge in [0.05, 0.1) is 37.3 Å². The molecule has 10 heteroatoms. The Morgan fingerprint density at radius 1 is 0.422 bits per heavy atom. The first-order valence-corrected chi connectivity index (χ1v) is 35.8. The van der Waals surface area contributed by atoms with E-state index in [1.807, 2.05) is 0 Å². The number of Topliss-reactive ketones (excluding diaryl/α,β-unsaturated/α-hetero) is 2. The highest BCUT2D eigenvalue weighted by molar-refractivity contribution is 5.97. The van der Waals surface area contributed by atoms with Gasteiger partial charge in [0.25, 0.3) is 0 Å². The van der Waals surface area contributed by atoms with Crippen LogP contribution in [0.4, 0.5) is 11.4 Å². The zero-order valence-electron chi connectivity index (χ0n) is 56.6. The van der Waals surface area contributed by atoms with Gasteiger partial charge in [-0.3, -0.25) is 19.2 Å². The summed E-state index contributed by atoms with van der Waals surface area (Å²) < 4.78 is 28.0. The molecular weight excluding hydrogens is 1120 g/mol. The van der Waals surface area contributed by atoms with Gasteiger partial charge in [-0.2, -0.15) is 0 Å². The van der Waals surface area contributed by atoms with Crippen molar-refractivity contribution in [1.29, 1.82) is 0 Å². The molecule has 0 saturated heterocycles. The molecule has 484 valence electrons. The van der Waals surface area contributed by atoms with Gasteiger partial charge >= 0.3 is 0 Å². The summed E-state index contributed by atoms with van der Waals surface area (Å²) in [6.07, 6.45) is 22.8. The Hall–Kier alpha value is -5.64. The Kier molecular flexibility index (Phi) is 16.6. The van der Waals surface area contributed by atoms with E-state index in [-0.39, 0.29) is 56.1 Å². The number of para-hydroxylation sites is 2. The van der Waals surface area contributed by atoms with E-state index in [1.165, 1.54) is 0 Å². The lowest BCUT2D eigenvalue weighted by Gasteiger charge is -2.64. The highest BCUT2D eigenvalue weighted by atomic mass is 16.5.